The molecule has 1 aromatic carbocycles. The molecule has 2 atom stereocenters. The van der Waals surface area contributed by atoms with Crippen molar-refractivity contribution in [1.29, 1.82) is 0 Å². The average molecular weight is 271 g/mol. The van der Waals surface area contributed by atoms with E-state index >= 15 is 0 Å². The van der Waals surface area contributed by atoms with Crippen molar-refractivity contribution in [3.8, 4) is 0 Å². The fourth-order valence-corrected chi connectivity index (χ4v) is 2.88. The lowest BCUT2D eigenvalue weighted by Crippen LogP contribution is -2.43. The molecular weight excluding hydrogens is 251 g/mol. The van der Waals surface area contributed by atoms with Crippen molar-refractivity contribution >= 4 is 11.6 Å². The topological polar surface area (TPSA) is 29.3 Å². The molecule has 0 spiro atoms. The summed E-state index contributed by atoms with van der Waals surface area (Å²) in [6.45, 7) is 3.76. The van der Waals surface area contributed by atoms with Crippen LogP contribution in [0.2, 0.25) is 5.02 Å². The molecule has 1 aliphatic heterocycles. The van der Waals surface area contributed by atoms with E-state index in [0.29, 0.717) is 12.6 Å². The Balaban J connectivity index is 2.23. The van der Waals surface area contributed by atoms with E-state index in [0.717, 1.165) is 12.1 Å². The molecule has 1 saturated heterocycles. The lowest BCUT2D eigenvalue weighted by molar-refractivity contribution is 0.109. The Bertz CT molecular complexity index is 411. The molecular formula is C14H20ClFN2. The third-order valence-corrected chi connectivity index (χ3v) is 4.11. The Morgan fingerprint density at radius 1 is 1.50 bits per heavy atom. The quantitative estimate of drug-likeness (QED) is 0.913. The molecule has 2 nitrogen and oxygen atoms in total. The number of piperidine rings is 1. The van der Waals surface area contributed by atoms with Crippen LogP contribution in [-0.4, -0.2) is 24.0 Å². The van der Waals surface area contributed by atoms with Crippen molar-refractivity contribution in [3.05, 3.63) is 34.6 Å². The van der Waals surface area contributed by atoms with Gasteiger partial charge < -0.3 is 5.73 Å². The molecule has 2 unspecified atom stereocenters. The summed E-state index contributed by atoms with van der Waals surface area (Å²) in [4.78, 5) is 2.38. The van der Waals surface area contributed by atoms with Crippen LogP contribution in [0, 0.1) is 5.82 Å². The van der Waals surface area contributed by atoms with Crippen LogP contribution in [0.25, 0.3) is 0 Å². The van der Waals surface area contributed by atoms with E-state index in [1.54, 1.807) is 6.07 Å². The minimum Gasteiger partial charge on any atom is -0.329 e. The van der Waals surface area contributed by atoms with Gasteiger partial charge in [0.05, 0.1) is 5.02 Å². The molecule has 0 aliphatic carbocycles. The first-order valence-electron chi connectivity index (χ1n) is 6.54. The molecule has 0 aromatic heterocycles. The monoisotopic (exact) mass is 270 g/mol. The number of nitrogens with zero attached hydrogens (tertiary/aromatic N) is 1. The second kappa shape index (κ2) is 6.00. The van der Waals surface area contributed by atoms with Crippen LogP contribution in [0.4, 0.5) is 4.39 Å². The lowest BCUT2D eigenvalue weighted by Gasteiger charge is -2.39. The first-order chi connectivity index (χ1) is 8.63. The fourth-order valence-electron chi connectivity index (χ4n) is 2.77. The van der Waals surface area contributed by atoms with Crippen LogP contribution in [-0.2, 0) is 0 Å². The Labute approximate surface area is 113 Å². The molecule has 4 heteroatoms. The van der Waals surface area contributed by atoms with Crippen LogP contribution in [0.5, 0.6) is 0 Å². The molecule has 100 valence electrons. The first-order valence-corrected chi connectivity index (χ1v) is 6.92. The largest absolute Gasteiger partial charge is 0.329 e. The molecule has 0 saturated carbocycles. The Kier molecular flexibility index (Phi) is 4.60. The van der Waals surface area contributed by atoms with Crippen molar-refractivity contribution in [2.75, 3.05) is 13.1 Å². The van der Waals surface area contributed by atoms with Gasteiger partial charge in [-0.1, -0.05) is 24.1 Å². The van der Waals surface area contributed by atoms with Gasteiger partial charge in [0.1, 0.15) is 5.82 Å². The normalized spacial score (nSPS) is 23.0. The molecule has 1 aliphatic rings. The van der Waals surface area contributed by atoms with Gasteiger partial charge in [0, 0.05) is 18.6 Å². The molecule has 0 radical (unpaired) electrons. The molecule has 2 rings (SSSR count). The highest BCUT2D eigenvalue weighted by atomic mass is 35.5. The summed E-state index contributed by atoms with van der Waals surface area (Å²) in [5.74, 6) is -0.364. The highest BCUT2D eigenvalue weighted by Crippen LogP contribution is 2.29. The van der Waals surface area contributed by atoms with Gasteiger partial charge in [-0.05, 0) is 44.0 Å². The maximum atomic E-state index is 13.5. The molecule has 2 N–H and O–H groups in total. The summed E-state index contributed by atoms with van der Waals surface area (Å²) in [7, 11) is 0. The smallest absolute Gasteiger partial charge is 0.142 e. The minimum absolute atomic E-state index is 0.0899. The van der Waals surface area contributed by atoms with E-state index in [-0.39, 0.29) is 16.9 Å². The average Bonchev–Trinajstić information content (AvgIpc) is 2.37. The summed E-state index contributed by atoms with van der Waals surface area (Å²) in [6.07, 6.45) is 3.65. The lowest BCUT2D eigenvalue weighted by atomic mass is 9.97. The molecule has 0 amide bonds. The van der Waals surface area contributed by atoms with E-state index < -0.39 is 0 Å². The summed E-state index contributed by atoms with van der Waals surface area (Å²) >= 11 is 5.72. The third kappa shape index (κ3) is 2.85. The molecule has 0 bridgehead atoms. The van der Waals surface area contributed by atoms with E-state index in [4.69, 9.17) is 17.3 Å². The van der Waals surface area contributed by atoms with Crippen molar-refractivity contribution in [3.63, 3.8) is 0 Å². The van der Waals surface area contributed by atoms with E-state index in [1.807, 2.05) is 6.07 Å². The molecule has 1 aromatic rings. The van der Waals surface area contributed by atoms with Gasteiger partial charge in [0.25, 0.3) is 0 Å². The van der Waals surface area contributed by atoms with Crippen molar-refractivity contribution in [2.45, 2.75) is 38.3 Å². The summed E-state index contributed by atoms with van der Waals surface area (Å²) < 4.78 is 13.5. The molecule has 1 heterocycles. The maximum absolute atomic E-state index is 13.5. The van der Waals surface area contributed by atoms with Gasteiger partial charge in [-0.2, -0.15) is 0 Å². The summed E-state index contributed by atoms with van der Waals surface area (Å²) in [5.41, 5.74) is 6.81. The third-order valence-electron chi connectivity index (χ3n) is 3.81. The van der Waals surface area contributed by atoms with Crippen molar-refractivity contribution in [1.82, 2.24) is 4.90 Å². The predicted octanol–water partition coefficient (Wildman–Crippen LogP) is 3.35. The first kappa shape index (κ1) is 13.8. The van der Waals surface area contributed by atoms with E-state index in [2.05, 4.69) is 11.8 Å². The standard InChI is InChI=1S/C14H20ClFN2/c1-10-4-2-3-7-18(10)14(9-17)11-5-6-12(15)13(16)8-11/h5-6,8,10,14H,2-4,7,9,17H2,1H3. The number of benzene rings is 1. The van der Waals surface area contributed by atoms with Gasteiger partial charge in [-0.25, -0.2) is 4.39 Å². The number of rotatable bonds is 3. The summed E-state index contributed by atoms with van der Waals surface area (Å²) in [6, 6.07) is 5.60. The van der Waals surface area contributed by atoms with Crippen molar-refractivity contribution in [2.24, 2.45) is 5.73 Å². The van der Waals surface area contributed by atoms with Crippen LogP contribution in [0.15, 0.2) is 18.2 Å². The van der Waals surface area contributed by atoms with Crippen LogP contribution in [0.3, 0.4) is 0 Å². The Morgan fingerprint density at radius 3 is 2.89 bits per heavy atom. The zero-order chi connectivity index (χ0) is 13.1. The van der Waals surface area contributed by atoms with E-state index in [1.165, 1.54) is 25.3 Å². The highest BCUT2D eigenvalue weighted by molar-refractivity contribution is 6.30. The van der Waals surface area contributed by atoms with Gasteiger partial charge in [-0.15, -0.1) is 0 Å². The van der Waals surface area contributed by atoms with E-state index in [9.17, 15) is 4.39 Å². The fraction of sp³-hybridized carbons (Fsp3) is 0.571. The Morgan fingerprint density at radius 2 is 2.28 bits per heavy atom. The number of nitrogens with two attached hydrogens (primary N) is 1. The van der Waals surface area contributed by atoms with Crippen molar-refractivity contribution < 1.29 is 4.39 Å². The van der Waals surface area contributed by atoms with Gasteiger partial charge in [0.2, 0.25) is 0 Å². The highest BCUT2D eigenvalue weighted by Gasteiger charge is 2.26. The van der Waals surface area contributed by atoms with Crippen LogP contribution < -0.4 is 5.73 Å². The zero-order valence-electron chi connectivity index (χ0n) is 10.7. The number of hydrogen-bond donors (Lipinski definition) is 1. The number of hydrogen-bond acceptors (Lipinski definition) is 2. The van der Waals surface area contributed by atoms with Crippen LogP contribution in [0.1, 0.15) is 37.8 Å². The SMILES string of the molecule is CC1CCCCN1C(CN)c1ccc(Cl)c(F)c1. The number of halogens is 2. The maximum Gasteiger partial charge on any atom is 0.142 e. The van der Waals surface area contributed by atoms with Gasteiger partial charge in [-0.3, -0.25) is 4.90 Å². The zero-order valence-corrected chi connectivity index (χ0v) is 11.5. The second-order valence-electron chi connectivity index (χ2n) is 5.01. The number of likely N-dealkylation sites (tertiary alicyclic amines) is 1. The van der Waals surface area contributed by atoms with Gasteiger partial charge >= 0.3 is 0 Å². The minimum atomic E-state index is -0.364. The Hall–Kier alpha value is -0.640. The predicted molar refractivity (Wildman–Crippen MR) is 73.2 cm³/mol. The van der Waals surface area contributed by atoms with Crippen LogP contribution >= 0.6 is 11.6 Å². The van der Waals surface area contributed by atoms with Gasteiger partial charge in [0.15, 0.2) is 0 Å². The summed E-state index contributed by atoms with van der Waals surface area (Å²) in [5, 5.41) is 0.168. The molecule has 1 fully saturated rings. The second-order valence-corrected chi connectivity index (χ2v) is 5.41. The molecule has 18 heavy (non-hydrogen) atoms.